The molecule has 0 aromatic heterocycles. The van der Waals surface area contributed by atoms with Gasteiger partial charge in [0, 0.05) is 3.57 Å². The van der Waals surface area contributed by atoms with Gasteiger partial charge < -0.3 is 14.2 Å². The maximum absolute atomic E-state index is 12.7. The average molecular weight is 477 g/mol. The van der Waals surface area contributed by atoms with Gasteiger partial charge in [-0.05, 0) is 82.3 Å². The number of anilines is 1. The van der Waals surface area contributed by atoms with Crippen molar-refractivity contribution in [1.29, 1.82) is 0 Å². The van der Waals surface area contributed by atoms with Crippen LogP contribution < -0.4 is 4.90 Å². The summed E-state index contributed by atoms with van der Waals surface area (Å²) in [6.07, 6.45) is -1.89. The number of esters is 1. The first kappa shape index (κ1) is 22.2. The molecule has 0 unspecified atom stereocenters. The highest BCUT2D eigenvalue weighted by Crippen LogP contribution is 2.27. The minimum atomic E-state index is -0.946. The molecular weight excluding hydrogens is 453 g/mol. The summed E-state index contributed by atoms with van der Waals surface area (Å²) >= 11 is 2.02. The standard InChI is InChI=1S/C18H24INO6/c1-17(2,3)25-15(22)20(16(23)26-18(4,5)6)13-9-8-11(19)10-12(13)14(21)24-7/h8-10H,1-7H3. The quantitative estimate of drug-likeness (QED) is 0.347. The fraction of sp³-hybridized carbons (Fsp3) is 0.500. The van der Waals surface area contributed by atoms with Crippen molar-refractivity contribution in [1.82, 2.24) is 0 Å². The molecule has 8 heteroatoms. The van der Waals surface area contributed by atoms with E-state index in [1.54, 1.807) is 47.6 Å². The lowest BCUT2D eigenvalue weighted by atomic mass is 10.1. The molecule has 0 radical (unpaired) electrons. The normalized spacial score (nSPS) is 11.5. The minimum absolute atomic E-state index is 0.0285. The Morgan fingerprint density at radius 1 is 0.923 bits per heavy atom. The number of carbonyl (C=O) groups excluding carboxylic acids is 3. The largest absolute Gasteiger partial charge is 0.465 e. The lowest BCUT2D eigenvalue weighted by Crippen LogP contribution is -2.44. The Morgan fingerprint density at radius 2 is 1.38 bits per heavy atom. The van der Waals surface area contributed by atoms with E-state index in [0.29, 0.717) is 4.90 Å². The Bertz CT molecular complexity index is 675. The van der Waals surface area contributed by atoms with Gasteiger partial charge in [0.2, 0.25) is 0 Å². The van der Waals surface area contributed by atoms with E-state index in [-0.39, 0.29) is 11.3 Å². The Balaban J connectivity index is 3.48. The number of rotatable bonds is 2. The van der Waals surface area contributed by atoms with Gasteiger partial charge in [-0.2, -0.15) is 4.90 Å². The number of ether oxygens (including phenoxy) is 3. The van der Waals surface area contributed by atoms with Crippen molar-refractivity contribution in [2.24, 2.45) is 0 Å². The highest BCUT2D eigenvalue weighted by Gasteiger charge is 2.35. The van der Waals surface area contributed by atoms with Crippen molar-refractivity contribution in [2.45, 2.75) is 52.7 Å². The molecule has 0 saturated carbocycles. The van der Waals surface area contributed by atoms with Crippen LogP contribution in [0.25, 0.3) is 0 Å². The van der Waals surface area contributed by atoms with E-state index in [1.165, 1.54) is 19.2 Å². The molecule has 144 valence electrons. The average Bonchev–Trinajstić information content (AvgIpc) is 2.44. The zero-order valence-corrected chi connectivity index (χ0v) is 18.2. The van der Waals surface area contributed by atoms with Crippen LogP contribution in [0.4, 0.5) is 15.3 Å². The molecular formula is C18H24INO6. The summed E-state index contributed by atoms with van der Waals surface area (Å²) in [4.78, 5) is 38.2. The van der Waals surface area contributed by atoms with Crippen LogP contribution >= 0.6 is 22.6 Å². The second-order valence-electron chi connectivity index (χ2n) is 7.45. The van der Waals surface area contributed by atoms with Crippen molar-refractivity contribution in [3.8, 4) is 0 Å². The number of halogens is 1. The minimum Gasteiger partial charge on any atom is -0.465 e. The van der Waals surface area contributed by atoms with Gasteiger partial charge in [0.15, 0.2) is 0 Å². The predicted molar refractivity (Wildman–Crippen MR) is 105 cm³/mol. The topological polar surface area (TPSA) is 82.1 Å². The molecule has 0 aliphatic heterocycles. The molecule has 0 saturated heterocycles. The van der Waals surface area contributed by atoms with Crippen LogP contribution in [0.15, 0.2) is 18.2 Å². The van der Waals surface area contributed by atoms with Gasteiger partial charge in [0.1, 0.15) is 11.2 Å². The van der Waals surface area contributed by atoms with E-state index in [1.807, 2.05) is 22.6 Å². The van der Waals surface area contributed by atoms with Crippen molar-refractivity contribution in [3.63, 3.8) is 0 Å². The maximum Gasteiger partial charge on any atom is 0.424 e. The zero-order valence-electron chi connectivity index (χ0n) is 16.0. The SMILES string of the molecule is COC(=O)c1cc(I)ccc1N(C(=O)OC(C)(C)C)C(=O)OC(C)(C)C. The van der Waals surface area contributed by atoms with Crippen LogP contribution in [0.2, 0.25) is 0 Å². The van der Waals surface area contributed by atoms with Crippen LogP contribution in [-0.2, 0) is 14.2 Å². The first-order valence-corrected chi connectivity index (χ1v) is 8.97. The van der Waals surface area contributed by atoms with Crippen LogP contribution in [0.3, 0.4) is 0 Å². The third-order valence-corrected chi connectivity index (χ3v) is 3.43. The fourth-order valence-electron chi connectivity index (χ4n) is 1.86. The second kappa shape index (κ2) is 8.24. The van der Waals surface area contributed by atoms with Crippen LogP contribution in [-0.4, -0.2) is 36.5 Å². The molecule has 0 N–H and O–H groups in total. The highest BCUT2D eigenvalue weighted by atomic mass is 127. The van der Waals surface area contributed by atoms with Crippen LogP contribution in [0.1, 0.15) is 51.9 Å². The lowest BCUT2D eigenvalue weighted by molar-refractivity contribution is 0.0430. The predicted octanol–water partition coefficient (Wildman–Crippen LogP) is 4.75. The second-order valence-corrected chi connectivity index (χ2v) is 8.69. The van der Waals surface area contributed by atoms with Gasteiger partial charge >= 0.3 is 18.2 Å². The number of benzene rings is 1. The molecule has 7 nitrogen and oxygen atoms in total. The third-order valence-electron chi connectivity index (χ3n) is 2.76. The first-order chi connectivity index (χ1) is 11.7. The molecule has 0 atom stereocenters. The summed E-state index contributed by atoms with van der Waals surface area (Å²) in [5, 5.41) is 0. The Hall–Kier alpha value is -1.84. The molecule has 1 rings (SSSR count). The van der Waals surface area contributed by atoms with E-state index < -0.39 is 29.4 Å². The van der Waals surface area contributed by atoms with Gasteiger partial charge in [-0.25, -0.2) is 14.4 Å². The number of imide groups is 1. The first-order valence-electron chi connectivity index (χ1n) is 7.89. The summed E-state index contributed by atoms with van der Waals surface area (Å²) in [5.41, 5.74) is -1.60. The van der Waals surface area contributed by atoms with Crippen molar-refractivity contribution in [2.75, 3.05) is 12.0 Å². The molecule has 0 spiro atoms. The van der Waals surface area contributed by atoms with Gasteiger partial charge in [0.05, 0.1) is 18.4 Å². The van der Waals surface area contributed by atoms with E-state index >= 15 is 0 Å². The van der Waals surface area contributed by atoms with E-state index in [0.717, 1.165) is 3.57 Å². The van der Waals surface area contributed by atoms with Crippen molar-refractivity contribution >= 4 is 46.4 Å². The van der Waals surface area contributed by atoms with Gasteiger partial charge in [-0.1, -0.05) is 0 Å². The lowest BCUT2D eigenvalue weighted by Gasteiger charge is -2.29. The molecule has 0 aliphatic rings. The summed E-state index contributed by atoms with van der Waals surface area (Å²) in [7, 11) is 1.22. The number of nitrogens with zero attached hydrogens (tertiary/aromatic N) is 1. The van der Waals surface area contributed by atoms with E-state index in [2.05, 4.69) is 0 Å². The summed E-state index contributed by atoms with van der Waals surface area (Å²) in [5.74, 6) is -0.685. The van der Waals surface area contributed by atoms with Gasteiger partial charge in [-0.15, -0.1) is 0 Å². The molecule has 0 aliphatic carbocycles. The number of amides is 2. The zero-order chi connectivity index (χ0) is 20.3. The Labute approximate surface area is 167 Å². The maximum atomic E-state index is 12.7. The summed E-state index contributed by atoms with van der Waals surface area (Å²) in [6.45, 7) is 10.0. The highest BCUT2D eigenvalue weighted by molar-refractivity contribution is 14.1. The number of carbonyl (C=O) groups is 3. The molecule has 0 heterocycles. The van der Waals surface area contributed by atoms with Crippen LogP contribution in [0.5, 0.6) is 0 Å². The molecule has 2 amide bonds. The monoisotopic (exact) mass is 477 g/mol. The van der Waals surface area contributed by atoms with Gasteiger partial charge in [0.25, 0.3) is 0 Å². The molecule has 1 aromatic carbocycles. The summed E-state index contributed by atoms with van der Waals surface area (Å²) < 4.78 is 16.1. The molecule has 1 aromatic rings. The Kier molecular flexibility index (Phi) is 7.03. The Morgan fingerprint density at radius 3 is 1.77 bits per heavy atom. The van der Waals surface area contributed by atoms with Crippen molar-refractivity contribution < 1.29 is 28.6 Å². The van der Waals surface area contributed by atoms with E-state index in [9.17, 15) is 14.4 Å². The summed E-state index contributed by atoms with van der Waals surface area (Å²) in [6, 6.07) is 4.65. The van der Waals surface area contributed by atoms with Gasteiger partial charge in [-0.3, -0.25) is 0 Å². The molecule has 0 fully saturated rings. The fourth-order valence-corrected chi connectivity index (χ4v) is 2.35. The molecule has 0 bridgehead atoms. The molecule has 26 heavy (non-hydrogen) atoms. The van der Waals surface area contributed by atoms with Crippen molar-refractivity contribution in [3.05, 3.63) is 27.3 Å². The van der Waals surface area contributed by atoms with Crippen LogP contribution in [0, 0.1) is 3.57 Å². The number of hydrogen-bond donors (Lipinski definition) is 0. The number of methoxy groups -OCH3 is 1. The number of hydrogen-bond acceptors (Lipinski definition) is 6. The van der Waals surface area contributed by atoms with E-state index in [4.69, 9.17) is 14.2 Å². The smallest absolute Gasteiger partial charge is 0.424 e. The third kappa shape index (κ3) is 6.47.